The van der Waals surface area contributed by atoms with Crippen LogP contribution in [0, 0.1) is 36.0 Å². The van der Waals surface area contributed by atoms with E-state index in [0.29, 0.717) is 24.3 Å². The van der Waals surface area contributed by atoms with Gasteiger partial charge in [-0.2, -0.15) is 0 Å². The van der Waals surface area contributed by atoms with Crippen LogP contribution in [0.5, 0.6) is 0 Å². The molecule has 1 saturated carbocycles. The molecule has 2 aliphatic rings. The number of sulfonamides is 1. The lowest BCUT2D eigenvalue weighted by Crippen LogP contribution is -2.63. The number of hydrogen-bond acceptors (Lipinski definition) is 5. The van der Waals surface area contributed by atoms with Crippen LogP contribution in [0.2, 0.25) is 0 Å². The summed E-state index contributed by atoms with van der Waals surface area (Å²) < 4.78 is 54.9. The normalized spacial score (nSPS) is 25.5. The van der Waals surface area contributed by atoms with Crippen molar-refractivity contribution in [2.45, 2.75) is 112 Å². The first-order valence-corrected chi connectivity index (χ1v) is 17.2. The summed E-state index contributed by atoms with van der Waals surface area (Å²) in [4.78, 5) is 39.8. The molecule has 44 heavy (non-hydrogen) atoms. The molecular weight excluding hydrogens is 576 g/mol. The second kappa shape index (κ2) is 13.2. The average Bonchev–Trinajstić information content (AvgIpc) is 3.27. The zero-order valence-corrected chi connectivity index (χ0v) is 29.1. The minimum absolute atomic E-state index is 0.0110. The number of imide groups is 1. The van der Waals surface area contributed by atoms with E-state index >= 15 is 0 Å². The number of nitrogens with zero attached hydrogens (tertiary/aromatic N) is 1. The molecule has 1 aromatic rings. The second-order valence-corrected chi connectivity index (χ2v) is 16.0. The maximum atomic E-state index is 13.5. The van der Waals surface area contributed by atoms with Crippen LogP contribution in [0.3, 0.4) is 0 Å². The summed E-state index contributed by atoms with van der Waals surface area (Å²) >= 11 is 0. The Morgan fingerprint density at radius 2 is 1.75 bits per heavy atom. The van der Waals surface area contributed by atoms with Gasteiger partial charge in [0.2, 0.25) is 0 Å². The minimum Gasteiger partial charge on any atom is -0.337 e. The molecule has 2 unspecified atom stereocenters. The summed E-state index contributed by atoms with van der Waals surface area (Å²) in [5.74, 6) is 0.154. The van der Waals surface area contributed by atoms with Crippen LogP contribution < -0.4 is 15.4 Å². The van der Waals surface area contributed by atoms with Gasteiger partial charge in [0.25, 0.3) is 15.9 Å². The molecule has 9 nitrogen and oxygen atoms in total. The highest BCUT2D eigenvalue weighted by Crippen LogP contribution is 2.49. The van der Waals surface area contributed by atoms with E-state index in [1.807, 2.05) is 39.3 Å². The highest BCUT2D eigenvalue weighted by atomic mass is 32.2. The summed E-state index contributed by atoms with van der Waals surface area (Å²) in [7, 11) is -4.69. The number of amides is 5. The largest absolute Gasteiger partial charge is 0.337 e. The predicted molar refractivity (Wildman–Crippen MR) is 175 cm³/mol. The molecule has 10 heteroatoms. The first-order chi connectivity index (χ1) is 21.5. The van der Waals surface area contributed by atoms with Gasteiger partial charge in [-0.1, -0.05) is 68.4 Å². The number of hydrogen-bond donors (Lipinski definition) is 3. The zero-order valence-electron chi connectivity index (χ0n) is 31.3. The molecule has 0 saturated heterocycles. The fraction of sp³-hybridized carbons (Fsp3) is 0.676. The standard InChI is InChI=1S/C34H54N4O5S/c1-20(2)16-28-29(21(3)4)19-38(30(28)39)32(41)35-18-24(7)27-13-12-26(17-23(27)6)44(42,43)37-31(40)36-34(11)15-14-22(5)25(8)33(34,9)10/h12-13,17,20-22,24-25H,14-16,18-19H2,1-11H3,(H,35,41)(H2,36,37,40)/t22-,24?,25?,34-/m1/s1/i12D,13D,17D. The van der Waals surface area contributed by atoms with Crippen LogP contribution >= 0.6 is 0 Å². The minimum atomic E-state index is -4.69. The number of carbonyl (C=O) groups excluding carboxylic acids is 3. The van der Waals surface area contributed by atoms with Crippen LogP contribution in [-0.2, 0) is 14.8 Å². The molecule has 1 aliphatic carbocycles. The van der Waals surface area contributed by atoms with Gasteiger partial charge in [-0.05, 0) is 96.9 Å². The summed E-state index contributed by atoms with van der Waals surface area (Å²) in [6.07, 6.45) is 2.10. The van der Waals surface area contributed by atoms with Gasteiger partial charge in [-0.15, -0.1) is 0 Å². The molecule has 0 radical (unpaired) electrons. The predicted octanol–water partition coefficient (Wildman–Crippen LogP) is 6.49. The maximum absolute atomic E-state index is 13.5. The molecule has 1 aromatic carbocycles. The van der Waals surface area contributed by atoms with E-state index in [-0.39, 0.29) is 53.3 Å². The summed E-state index contributed by atoms with van der Waals surface area (Å²) in [5, 5.41) is 5.62. The van der Waals surface area contributed by atoms with Crippen molar-refractivity contribution in [2.24, 2.45) is 29.1 Å². The van der Waals surface area contributed by atoms with Crippen LogP contribution in [0.1, 0.15) is 110 Å². The third-order valence-corrected chi connectivity index (χ3v) is 11.4. The van der Waals surface area contributed by atoms with Gasteiger partial charge in [0.05, 0.1) is 15.6 Å². The molecular formula is C34H54N4O5S. The molecule has 0 spiro atoms. The molecule has 1 heterocycles. The highest BCUT2D eigenvalue weighted by molar-refractivity contribution is 7.90. The Kier molecular flexibility index (Phi) is 9.36. The van der Waals surface area contributed by atoms with Gasteiger partial charge in [-0.3, -0.25) is 9.69 Å². The van der Waals surface area contributed by atoms with Crippen molar-refractivity contribution in [2.75, 3.05) is 13.1 Å². The number of urea groups is 2. The highest BCUT2D eigenvalue weighted by Gasteiger charge is 2.50. The Morgan fingerprint density at radius 3 is 2.34 bits per heavy atom. The number of carbonyl (C=O) groups is 3. The van der Waals surface area contributed by atoms with E-state index < -0.39 is 56.6 Å². The van der Waals surface area contributed by atoms with Crippen molar-refractivity contribution in [1.82, 2.24) is 20.3 Å². The number of benzene rings is 1. The van der Waals surface area contributed by atoms with E-state index in [4.69, 9.17) is 4.11 Å². The SMILES string of the molecule is [2H]c1c([2H])c(S(=O)(=O)NC(=O)N[C@]2(C)CC[C@@H](C)C(C)C2(C)C)c([2H])c(C)c1C(C)CNC(=O)N1CC(C(C)C)=C(CC(C)C)C1=O. The van der Waals surface area contributed by atoms with Gasteiger partial charge in [0, 0.05) is 17.7 Å². The fourth-order valence-corrected chi connectivity index (χ4v) is 7.36. The number of rotatable bonds is 9. The maximum Gasteiger partial charge on any atom is 0.329 e. The molecule has 0 bridgehead atoms. The topological polar surface area (TPSA) is 125 Å². The van der Waals surface area contributed by atoms with E-state index in [0.717, 1.165) is 12.0 Å². The molecule has 0 aromatic heterocycles. The monoisotopic (exact) mass is 633 g/mol. The zero-order chi connectivity index (χ0) is 36.0. The van der Waals surface area contributed by atoms with Crippen molar-refractivity contribution in [3.63, 3.8) is 0 Å². The lowest BCUT2D eigenvalue weighted by molar-refractivity contribution is -0.123. The first-order valence-electron chi connectivity index (χ1n) is 17.2. The van der Waals surface area contributed by atoms with E-state index in [2.05, 4.69) is 38.3 Å². The smallest absolute Gasteiger partial charge is 0.329 e. The van der Waals surface area contributed by atoms with Crippen LogP contribution in [0.25, 0.3) is 0 Å². The van der Waals surface area contributed by atoms with Crippen molar-refractivity contribution >= 4 is 28.0 Å². The van der Waals surface area contributed by atoms with Crippen LogP contribution in [-0.4, -0.2) is 49.9 Å². The Morgan fingerprint density at radius 1 is 1.11 bits per heavy atom. The first kappa shape index (κ1) is 31.1. The second-order valence-electron chi connectivity index (χ2n) is 14.4. The molecule has 1 aliphatic heterocycles. The van der Waals surface area contributed by atoms with Crippen molar-refractivity contribution in [3.8, 4) is 0 Å². The Hall–Kier alpha value is -2.88. The summed E-state index contributed by atoms with van der Waals surface area (Å²) in [5.41, 5.74) is 0.952. The molecule has 3 N–H and O–H groups in total. The van der Waals surface area contributed by atoms with Crippen molar-refractivity contribution < 1.29 is 26.9 Å². The summed E-state index contributed by atoms with van der Waals surface area (Å²) in [6.45, 7) is 21.7. The molecule has 246 valence electrons. The third-order valence-electron chi connectivity index (χ3n) is 10.2. The summed E-state index contributed by atoms with van der Waals surface area (Å²) in [6, 6.07) is -3.14. The average molecular weight is 634 g/mol. The fourth-order valence-electron chi connectivity index (χ4n) is 6.49. The van der Waals surface area contributed by atoms with E-state index in [1.165, 1.54) is 11.8 Å². The van der Waals surface area contributed by atoms with Crippen molar-refractivity contribution in [1.29, 1.82) is 0 Å². The van der Waals surface area contributed by atoms with Gasteiger partial charge in [-0.25, -0.2) is 22.7 Å². The Bertz CT molecular complexity index is 1540. The lowest BCUT2D eigenvalue weighted by atomic mass is 9.56. The lowest BCUT2D eigenvalue weighted by Gasteiger charge is -2.54. The molecule has 3 rings (SSSR count). The van der Waals surface area contributed by atoms with Crippen molar-refractivity contribution in [3.05, 3.63) is 40.4 Å². The van der Waals surface area contributed by atoms with E-state index in [1.54, 1.807) is 6.92 Å². The quantitative estimate of drug-likeness (QED) is 0.287. The van der Waals surface area contributed by atoms with Crippen LogP contribution in [0.15, 0.2) is 34.2 Å². The van der Waals surface area contributed by atoms with E-state index in [9.17, 15) is 22.8 Å². The van der Waals surface area contributed by atoms with Gasteiger partial charge >= 0.3 is 12.1 Å². The number of nitrogens with one attached hydrogen (secondary N) is 3. The Labute approximate surface area is 269 Å². The molecule has 1 fully saturated rings. The Balaban J connectivity index is 1.79. The van der Waals surface area contributed by atoms with Crippen LogP contribution in [0.4, 0.5) is 9.59 Å². The van der Waals surface area contributed by atoms with Gasteiger partial charge < -0.3 is 10.6 Å². The van der Waals surface area contributed by atoms with Gasteiger partial charge in [0.1, 0.15) is 0 Å². The third kappa shape index (κ3) is 7.32. The van der Waals surface area contributed by atoms with Gasteiger partial charge in [0.15, 0.2) is 0 Å². The molecule has 4 atom stereocenters. The molecule has 5 amide bonds.